The van der Waals surface area contributed by atoms with E-state index in [1.54, 1.807) is 6.20 Å². The first-order valence-corrected chi connectivity index (χ1v) is 8.66. The number of hydrogen-bond acceptors (Lipinski definition) is 3. The van der Waals surface area contributed by atoms with Crippen LogP contribution in [-0.2, 0) is 16.0 Å². The number of morpholine rings is 1. The number of fused-ring (bicyclic) bond motifs is 1. The van der Waals surface area contributed by atoms with Gasteiger partial charge in [0.25, 0.3) is 0 Å². The van der Waals surface area contributed by atoms with Gasteiger partial charge in [0.2, 0.25) is 5.91 Å². The van der Waals surface area contributed by atoms with Crippen LogP contribution in [0.15, 0.2) is 36.7 Å². The Morgan fingerprint density at radius 1 is 1.40 bits per heavy atom. The number of aromatic nitrogens is 3. The minimum Gasteiger partial charge on any atom is -0.367 e. The van der Waals surface area contributed by atoms with E-state index in [0.717, 1.165) is 23.5 Å². The number of carbonyl (C=O) groups is 1. The summed E-state index contributed by atoms with van der Waals surface area (Å²) in [5.74, 6) is 0.966. The van der Waals surface area contributed by atoms with Gasteiger partial charge in [0, 0.05) is 42.0 Å². The molecule has 0 spiro atoms. The van der Waals surface area contributed by atoms with Crippen LogP contribution in [0, 0.1) is 6.92 Å². The first-order chi connectivity index (χ1) is 12.2. The molecule has 1 saturated heterocycles. The molecule has 25 heavy (non-hydrogen) atoms. The van der Waals surface area contributed by atoms with Gasteiger partial charge in [0.15, 0.2) is 0 Å². The molecule has 6 nitrogen and oxygen atoms in total. The van der Waals surface area contributed by atoms with E-state index >= 15 is 0 Å². The normalized spacial score (nSPS) is 18.0. The molecule has 1 aromatic carbocycles. The molecule has 1 aliphatic heterocycles. The van der Waals surface area contributed by atoms with Crippen molar-refractivity contribution >= 4 is 16.8 Å². The maximum absolute atomic E-state index is 12.6. The zero-order valence-corrected chi connectivity index (χ0v) is 14.3. The molecule has 130 valence electrons. The molecular formula is C19H22N4O2. The fourth-order valence-electron chi connectivity index (χ4n) is 3.38. The highest BCUT2D eigenvalue weighted by atomic mass is 16.5. The zero-order valence-electron chi connectivity index (χ0n) is 14.3. The standard InChI is InChI=1S/C19H22N4O2/c1-13-10-21-19(22-13)17-12-23(8-9-25-17)18(24)7-6-14-11-20-16-5-3-2-4-15(14)16/h2-5,10-11,17,20H,6-9,12H2,1H3,(H,21,22). The second kappa shape index (κ2) is 6.72. The molecule has 1 unspecified atom stereocenters. The van der Waals surface area contributed by atoms with Crippen LogP contribution in [0.5, 0.6) is 0 Å². The summed E-state index contributed by atoms with van der Waals surface area (Å²) in [6, 6.07) is 8.19. The monoisotopic (exact) mass is 338 g/mol. The minimum absolute atomic E-state index is 0.167. The van der Waals surface area contributed by atoms with E-state index < -0.39 is 0 Å². The Kier molecular flexibility index (Phi) is 4.28. The quantitative estimate of drug-likeness (QED) is 0.768. The maximum Gasteiger partial charge on any atom is 0.223 e. The average Bonchev–Trinajstić information content (AvgIpc) is 3.26. The van der Waals surface area contributed by atoms with Crippen molar-refractivity contribution in [2.45, 2.75) is 25.9 Å². The van der Waals surface area contributed by atoms with Gasteiger partial charge in [-0.2, -0.15) is 0 Å². The Labute approximate surface area is 146 Å². The van der Waals surface area contributed by atoms with Crippen LogP contribution >= 0.6 is 0 Å². The molecule has 1 atom stereocenters. The van der Waals surface area contributed by atoms with Gasteiger partial charge in [-0.15, -0.1) is 0 Å². The van der Waals surface area contributed by atoms with Gasteiger partial charge in [-0.1, -0.05) is 18.2 Å². The molecule has 3 heterocycles. The topological polar surface area (TPSA) is 74.0 Å². The number of amides is 1. The summed E-state index contributed by atoms with van der Waals surface area (Å²) >= 11 is 0. The van der Waals surface area contributed by atoms with Gasteiger partial charge in [0.1, 0.15) is 11.9 Å². The summed E-state index contributed by atoms with van der Waals surface area (Å²) in [7, 11) is 0. The number of para-hydroxylation sites is 1. The predicted octanol–water partition coefficient (Wildman–Crippen LogP) is 2.73. The van der Waals surface area contributed by atoms with Gasteiger partial charge in [-0.3, -0.25) is 4.79 Å². The van der Waals surface area contributed by atoms with Gasteiger partial charge >= 0.3 is 0 Å². The molecular weight excluding hydrogens is 316 g/mol. The van der Waals surface area contributed by atoms with Crippen LogP contribution in [0.1, 0.15) is 29.6 Å². The van der Waals surface area contributed by atoms with Crippen molar-refractivity contribution in [2.75, 3.05) is 19.7 Å². The summed E-state index contributed by atoms with van der Waals surface area (Å²) in [5.41, 5.74) is 3.31. The van der Waals surface area contributed by atoms with Crippen LogP contribution in [0.4, 0.5) is 0 Å². The number of nitrogens with zero attached hydrogens (tertiary/aromatic N) is 2. The second-order valence-corrected chi connectivity index (χ2v) is 6.51. The molecule has 0 aliphatic carbocycles. The summed E-state index contributed by atoms with van der Waals surface area (Å²) in [6.07, 6.45) is 4.87. The van der Waals surface area contributed by atoms with Crippen LogP contribution in [0.25, 0.3) is 10.9 Å². The smallest absolute Gasteiger partial charge is 0.223 e. The molecule has 0 bridgehead atoms. The molecule has 2 N–H and O–H groups in total. The largest absolute Gasteiger partial charge is 0.367 e. The minimum atomic E-state index is -0.167. The van der Waals surface area contributed by atoms with Crippen LogP contribution in [0.3, 0.4) is 0 Å². The molecule has 6 heteroatoms. The Morgan fingerprint density at radius 2 is 2.28 bits per heavy atom. The van der Waals surface area contributed by atoms with Crippen LogP contribution in [0.2, 0.25) is 0 Å². The van der Waals surface area contributed by atoms with Gasteiger partial charge in [-0.05, 0) is 25.0 Å². The number of carbonyl (C=O) groups excluding carboxylic acids is 1. The molecule has 1 fully saturated rings. The summed E-state index contributed by atoms with van der Waals surface area (Å²) in [5, 5.41) is 1.20. The fourth-order valence-corrected chi connectivity index (χ4v) is 3.38. The third kappa shape index (κ3) is 3.30. The van der Waals surface area contributed by atoms with Gasteiger partial charge in [-0.25, -0.2) is 4.98 Å². The fraction of sp³-hybridized carbons (Fsp3) is 0.368. The number of aromatic amines is 2. The number of aryl methyl sites for hydroxylation is 2. The van der Waals surface area contributed by atoms with Gasteiger partial charge < -0.3 is 19.6 Å². The molecule has 3 aromatic rings. The van der Waals surface area contributed by atoms with Crippen molar-refractivity contribution in [3.8, 4) is 0 Å². The lowest BCUT2D eigenvalue weighted by Gasteiger charge is -2.32. The van der Waals surface area contributed by atoms with E-state index in [9.17, 15) is 4.79 Å². The maximum atomic E-state index is 12.6. The number of hydrogen-bond donors (Lipinski definition) is 2. The molecule has 0 radical (unpaired) electrons. The van der Waals surface area contributed by atoms with E-state index in [-0.39, 0.29) is 12.0 Å². The lowest BCUT2D eigenvalue weighted by Crippen LogP contribution is -2.42. The molecule has 4 rings (SSSR count). The number of H-pyrrole nitrogens is 2. The lowest BCUT2D eigenvalue weighted by molar-refractivity contribution is -0.139. The predicted molar refractivity (Wildman–Crippen MR) is 95.2 cm³/mol. The van der Waals surface area contributed by atoms with E-state index in [0.29, 0.717) is 26.1 Å². The number of imidazole rings is 1. The van der Waals surface area contributed by atoms with Gasteiger partial charge in [0.05, 0.1) is 13.2 Å². The lowest BCUT2D eigenvalue weighted by atomic mass is 10.1. The Hall–Kier alpha value is -2.60. The highest BCUT2D eigenvalue weighted by molar-refractivity contribution is 5.84. The number of rotatable bonds is 4. The number of benzene rings is 1. The van der Waals surface area contributed by atoms with E-state index in [2.05, 4.69) is 27.1 Å². The van der Waals surface area contributed by atoms with Crippen LogP contribution in [-0.4, -0.2) is 45.5 Å². The highest BCUT2D eigenvalue weighted by Gasteiger charge is 2.27. The first-order valence-electron chi connectivity index (χ1n) is 8.66. The second-order valence-electron chi connectivity index (χ2n) is 6.51. The highest BCUT2D eigenvalue weighted by Crippen LogP contribution is 2.22. The van der Waals surface area contributed by atoms with Crippen molar-refractivity contribution in [3.05, 3.63) is 53.7 Å². The van der Waals surface area contributed by atoms with E-state index in [4.69, 9.17) is 4.74 Å². The van der Waals surface area contributed by atoms with Crippen molar-refractivity contribution in [1.82, 2.24) is 19.9 Å². The molecule has 2 aromatic heterocycles. The van der Waals surface area contributed by atoms with E-state index in [1.165, 1.54) is 10.9 Å². The molecule has 0 saturated carbocycles. The summed E-state index contributed by atoms with van der Waals surface area (Å²) in [4.78, 5) is 25.3. The third-order valence-corrected chi connectivity index (χ3v) is 4.73. The van der Waals surface area contributed by atoms with Crippen molar-refractivity contribution in [3.63, 3.8) is 0 Å². The Bertz CT molecular complexity index is 882. The van der Waals surface area contributed by atoms with Crippen molar-refractivity contribution in [1.29, 1.82) is 0 Å². The first kappa shape index (κ1) is 15.9. The summed E-state index contributed by atoms with van der Waals surface area (Å²) < 4.78 is 5.77. The number of ether oxygens (including phenoxy) is 1. The zero-order chi connectivity index (χ0) is 17.2. The summed E-state index contributed by atoms with van der Waals surface area (Å²) in [6.45, 7) is 3.70. The Balaban J connectivity index is 1.39. The van der Waals surface area contributed by atoms with Crippen molar-refractivity contribution in [2.24, 2.45) is 0 Å². The SMILES string of the molecule is Cc1cnc(C2CN(C(=O)CCc3c[nH]c4ccccc34)CCO2)[nH]1. The number of nitrogens with one attached hydrogen (secondary N) is 2. The van der Waals surface area contributed by atoms with Crippen LogP contribution < -0.4 is 0 Å². The molecule has 1 aliphatic rings. The van der Waals surface area contributed by atoms with E-state index in [1.807, 2.05) is 30.2 Å². The average molecular weight is 338 g/mol. The third-order valence-electron chi connectivity index (χ3n) is 4.73. The molecule has 1 amide bonds. The Morgan fingerprint density at radius 3 is 3.12 bits per heavy atom. The van der Waals surface area contributed by atoms with Crippen molar-refractivity contribution < 1.29 is 9.53 Å².